The lowest BCUT2D eigenvalue weighted by Gasteiger charge is -2.20. The Morgan fingerprint density at radius 2 is 1.56 bits per heavy atom. The van der Waals surface area contributed by atoms with Gasteiger partial charge in [-0.3, -0.25) is 9.59 Å². The Labute approximate surface area is 159 Å². The maximum absolute atomic E-state index is 12.5. The summed E-state index contributed by atoms with van der Waals surface area (Å²) in [6, 6.07) is 11.8. The van der Waals surface area contributed by atoms with Crippen LogP contribution >= 0.6 is 0 Å². The van der Waals surface area contributed by atoms with Crippen LogP contribution in [-0.4, -0.2) is 30.2 Å². The van der Waals surface area contributed by atoms with Gasteiger partial charge in [0.2, 0.25) is 0 Å². The standard InChI is InChI=1S/C21H25NO5/c1-5-26-17-12-7-14(13-18(17)27-6-2)19(23)22-16-10-8-15(9-11-16)21(3,4)20(24)25/h7-13H,5-6H2,1-4H3,(H,22,23)(H,24,25). The third-order valence-corrected chi connectivity index (χ3v) is 4.20. The lowest BCUT2D eigenvalue weighted by molar-refractivity contribution is -0.142. The number of ether oxygens (including phenoxy) is 2. The molecule has 0 atom stereocenters. The Bertz CT molecular complexity index is 812. The molecule has 27 heavy (non-hydrogen) atoms. The van der Waals surface area contributed by atoms with E-state index in [1.165, 1.54) is 0 Å². The normalized spacial score (nSPS) is 11.0. The summed E-state index contributed by atoms with van der Waals surface area (Å²) in [5.74, 6) is -0.0805. The number of hydrogen-bond acceptors (Lipinski definition) is 4. The minimum atomic E-state index is -0.996. The van der Waals surface area contributed by atoms with E-state index in [1.54, 1.807) is 56.3 Å². The molecule has 2 rings (SSSR count). The maximum atomic E-state index is 12.5. The van der Waals surface area contributed by atoms with Gasteiger partial charge in [-0.15, -0.1) is 0 Å². The first-order chi connectivity index (χ1) is 12.8. The zero-order chi connectivity index (χ0) is 20.0. The number of hydrogen-bond donors (Lipinski definition) is 2. The van der Waals surface area contributed by atoms with Crippen molar-refractivity contribution in [3.63, 3.8) is 0 Å². The molecule has 0 aliphatic rings. The molecule has 0 saturated carbocycles. The van der Waals surface area contributed by atoms with Crippen molar-refractivity contribution in [3.05, 3.63) is 53.6 Å². The predicted octanol–water partition coefficient (Wildman–Crippen LogP) is 4.10. The highest BCUT2D eigenvalue weighted by atomic mass is 16.5. The largest absolute Gasteiger partial charge is 0.490 e. The fourth-order valence-corrected chi connectivity index (χ4v) is 2.49. The van der Waals surface area contributed by atoms with Gasteiger partial charge in [0.25, 0.3) is 5.91 Å². The zero-order valence-corrected chi connectivity index (χ0v) is 16.0. The molecule has 144 valence electrons. The average molecular weight is 371 g/mol. The van der Waals surface area contributed by atoms with E-state index >= 15 is 0 Å². The van der Waals surface area contributed by atoms with E-state index in [4.69, 9.17) is 9.47 Å². The number of carbonyl (C=O) groups is 2. The molecule has 0 saturated heterocycles. The van der Waals surface area contributed by atoms with Gasteiger partial charge in [0.15, 0.2) is 11.5 Å². The highest BCUT2D eigenvalue weighted by Gasteiger charge is 2.29. The van der Waals surface area contributed by atoms with Crippen LogP contribution in [0.3, 0.4) is 0 Å². The van der Waals surface area contributed by atoms with E-state index in [2.05, 4.69) is 5.32 Å². The van der Waals surface area contributed by atoms with Gasteiger partial charge in [-0.05, 0) is 63.6 Å². The van der Waals surface area contributed by atoms with E-state index in [9.17, 15) is 14.7 Å². The van der Waals surface area contributed by atoms with Crippen LogP contribution in [0.2, 0.25) is 0 Å². The van der Waals surface area contributed by atoms with Crippen molar-refractivity contribution in [3.8, 4) is 11.5 Å². The number of carboxylic acid groups (broad SMARTS) is 1. The first kappa shape index (κ1) is 20.3. The van der Waals surface area contributed by atoms with Gasteiger partial charge in [0.1, 0.15) is 0 Å². The predicted molar refractivity (Wildman–Crippen MR) is 104 cm³/mol. The van der Waals surface area contributed by atoms with Gasteiger partial charge < -0.3 is 19.9 Å². The summed E-state index contributed by atoms with van der Waals surface area (Å²) in [4.78, 5) is 23.9. The fourth-order valence-electron chi connectivity index (χ4n) is 2.49. The van der Waals surface area contributed by atoms with Crippen molar-refractivity contribution in [1.82, 2.24) is 0 Å². The van der Waals surface area contributed by atoms with Gasteiger partial charge in [0.05, 0.1) is 18.6 Å². The topological polar surface area (TPSA) is 84.9 Å². The summed E-state index contributed by atoms with van der Waals surface area (Å²) in [7, 11) is 0. The average Bonchev–Trinajstić information content (AvgIpc) is 2.63. The minimum absolute atomic E-state index is 0.288. The molecule has 0 radical (unpaired) electrons. The highest BCUT2D eigenvalue weighted by molar-refractivity contribution is 6.04. The Kier molecular flexibility index (Phi) is 6.45. The molecule has 0 unspecified atom stereocenters. The first-order valence-corrected chi connectivity index (χ1v) is 8.84. The number of rotatable bonds is 8. The summed E-state index contributed by atoms with van der Waals surface area (Å²) in [6.07, 6.45) is 0. The van der Waals surface area contributed by atoms with Crippen LogP contribution in [0.1, 0.15) is 43.6 Å². The van der Waals surface area contributed by atoms with Crippen molar-refractivity contribution in [2.24, 2.45) is 0 Å². The van der Waals surface area contributed by atoms with E-state index in [-0.39, 0.29) is 5.91 Å². The van der Waals surface area contributed by atoms with E-state index in [1.807, 2.05) is 13.8 Å². The molecule has 0 aliphatic carbocycles. The monoisotopic (exact) mass is 371 g/mol. The minimum Gasteiger partial charge on any atom is -0.490 e. The molecule has 0 fully saturated rings. The summed E-state index contributed by atoms with van der Waals surface area (Å²) in [5.41, 5.74) is 0.686. The number of nitrogens with one attached hydrogen (secondary N) is 1. The van der Waals surface area contributed by atoms with Crippen LogP contribution in [0.25, 0.3) is 0 Å². The molecule has 6 heteroatoms. The molecule has 2 N–H and O–H groups in total. The summed E-state index contributed by atoms with van der Waals surface area (Å²) < 4.78 is 11.0. The smallest absolute Gasteiger partial charge is 0.313 e. The van der Waals surface area contributed by atoms with Crippen LogP contribution in [0, 0.1) is 0 Å². The molecule has 2 aromatic carbocycles. The van der Waals surface area contributed by atoms with Gasteiger partial charge in [-0.25, -0.2) is 0 Å². The first-order valence-electron chi connectivity index (χ1n) is 8.84. The molecule has 2 aromatic rings. The third-order valence-electron chi connectivity index (χ3n) is 4.20. The lowest BCUT2D eigenvalue weighted by atomic mass is 9.85. The van der Waals surface area contributed by atoms with Crippen molar-refractivity contribution >= 4 is 17.6 Å². The fraction of sp³-hybridized carbons (Fsp3) is 0.333. The van der Waals surface area contributed by atoms with Crippen LogP contribution in [0.5, 0.6) is 11.5 Å². The van der Waals surface area contributed by atoms with Crippen molar-refractivity contribution < 1.29 is 24.2 Å². The Morgan fingerprint density at radius 3 is 2.11 bits per heavy atom. The van der Waals surface area contributed by atoms with Gasteiger partial charge >= 0.3 is 5.97 Å². The van der Waals surface area contributed by atoms with Gasteiger partial charge in [-0.2, -0.15) is 0 Å². The second-order valence-electron chi connectivity index (χ2n) is 6.49. The van der Waals surface area contributed by atoms with Crippen molar-refractivity contribution in [2.45, 2.75) is 33.1 Å². The highest BCUT2D eigenvalue weighted by Crippen LogP contribution is 2.29. The van der Waals surface area contributed by atoms with E-state index in [0.717, 1.165) is 0 Å². The number of benzene rings is 2. The van der Waals surface area contributed by atoms with Gasteiger partial charge in [0, 0.05) is 11.3 Å². The third kappa shape index (κ3) is 4.78. The molecular weight excluding hydrogens is 346 g/mol. The van der Waals surface area contributed by atoms with E-state index in [0.29, 0.717) is 41.5 Å². The van der Waals surface area contributed by atoms with Crippen LogP contribution in [0.15, 0.2) is 42.5 Å². The number of carboxylic acids is 1. The zero-order valence-electron chi connectivity index (χ0n) is 16.0. The number of anilines is 1. The van der Waals surface area contributed by atoms with Gasteiger partial charge in [-0.1, -0.05) is 12.1 Å². The second-order valence-corrected chi connectivity index (χ2v) is 6.49. The van der Waals surface area contributed by atoms with Crippen molar-refractivity contribution in [2.75, 3.05) is 18.5 Å². The Balaban J connectivity index is 2.17. The number of amides is 1. The Hall–Kier alpha value is -3.02. The van der Waals surface area contributed by atoms with Crippen molar-refractivity contribution in [1.29, 1.82) is 0 Å². The summed E-state index contributed by atoms with van der Waals surface area (Å²) in [5, 5.41) is 12.1. The second kappa shape index (κ2) is 8.58. The number of aliphatic carboxylic acids is 1. The summed E-state index contributed by atoms with van der Waals surface area (Å²) in [6.45, 7) is 7.99. The molecular formula is C21H25NO5. The molecule has 0 spiro atoms. The molecule has 1 amide bonds. The maximum Gasteiger partial charge on any atom is 0.313 e. The molecule has 0 aliphatic heterocycles. The molecule has 6 nitrogen and oxygen atoms in total. The Morgan fingerprint density at radius 1 is 0.963 bits per heavy atom. The number of carbonyl (C=O) groups excluding carboxylic acids is 1. The van der Waals surface area contributed by atoms with Crippen LogP contribution < -0.4 is 14.8 Å². The lowest BCUT2D eigenvalue weighted by Crippen LogP contribution is -2.28. The molecule has 0 aromatic heterocycles. The van der Waals surface area contributed by atoms with Crippen LogP contribution in [-0.2, 0) is 10.2 Å². The quantitative estimate of drug-likeness (QED) is 0.730. The van der Waals surface area contributed by atoms with E-state index < -0.39 is 11.4 Å². The molecule has 0 bridgehead atoms. The SMILES string of the molecule is CCOc1ccc(C(=O)Nc2ccc(C(C)(C)C(=O)O)cc2)cc1OCC. The molecule has 0 heterocycles. The summed E-state index contributed by atoms with van der Waals surface area (Å²) >= 11 is 0. The van der Waals surface area contributed by atoms with Crippen LogP contribution in [0.4, 0.5) is 5.69 Å².